The molecule has 0 spiro atoms. The van der Waals surface area contributed by atoms with E-state index in [9.17, 15) is 4.39 Å². The van der Waals surface area contributed by atoms with Crippen LogP contribution in [0.2, 0.25) is 0 Å². The number of allylic oxidation sites excluding steroid dienone is 1. The van der Waals surface area contributed by atoms with Gasteiger partial charge in [-0.15, -0.1) is 0 Å². The van der Waals surface area contributed by atoms with Gasteiger partial charge in [-0.3, -0.25) is 0 Å². The number of benzene rings is 1. The van der Waals surface area contributed by atoms with Crippen molar-refractivity contribution in [3.63, 3.8) is 0 Å². The molecule has 0 amide bonds. The third-order valence-electron chi connectivity index (χ3n) is 2.64. The zero-order valence-electron chi connectivity index (χ0n) is 10.5. The van der Waals surface area contributed by atoms with Crippen LogP contribution in [-0.2, 0) is 11.2 Å². The fourth-order valence-electron chi connectivity index (χ4n) is 1.76. The van der Waals surface area contributed by atoms with Gasteiger partial charge in [-0.05, 0) is 24.6 Å². The molecule has 0 aliphatic carbocycles. The van der Waals surface area contributed by atoms with Gasteiger partial charge in [0.2, 0.25) is 0 Å². The van der Waals surface area contributed by atoms with Crippen molar-refractivity contribution in [3.8, 4) is 0 Å². The minimum absolute atomic E-state index is 0.224. The van der Waals surface area contributed by atoms with Crippen molar-refractivity contribution < 1.29 is 9.13 Å². The van der Waals surface area contributed by atoms with Crippen LogP contribution in [0.1, 0.15) is 18.9 Å². The van der Waals surface area contributed by atoms with Crippen molar-refractivity contribution in [2.45, 2.75) is 19.8 Å². The molecular weight excluding hydrogens is 231 g/mol. The number of aliphatic imine (C=N–C) groups is 2. The van der Waals surface area contributed by atoms with E-state index in [4.69, 9.17) is 4.74 Å². The lowest BCUT2D eigenvalue weighted by molar-refractivity contribution is 0.396. The normalized spacial score (nSPS) is 15.4. The minimum atomic E-state index is -0.224. The Morgan fingerprint density at radius 3 is 2.61 bits per heavy atom. The second kappa shape index (κ2) is 5.58. The van der Waals surface area contributed by atoms with E-state index in [2.05, 4.69) is 9.98 Å². The average molecular weight is 246 g/mol. The third kappa shape index (κ3) is 3.26. The predicted octanol–water partition coefficient (Wildman–Crippen LogP) is 3.12. The molecule has 0 aromatic heterocycles. The summed E-state index contributed by atoms with van der Waals surface area (Å²) >= 11 is 0. The summed E-state index contributed by atoms with van der Waals surface area (Å²) in [5.41, 5.74) is 1.95. The summed E-state index contributed by atoms with van der Waals surface area (Å²) in [6, 6.07) is 6.45. The summed E-state index contributed by atoms with van der Waals surface area (Å²) in [6.45, 7) is 1.84. The predicted molar refractivity (Wildman–Crippen MR) is 70.4 cm³/mol. The lowest BCUT2D eigenvalue weighted by atomic mass is 10.1. The molecule has 1 aromatic rings. The molecule has 1 aliphatic heterocycles. The van der Waals surface area contributed by atoms with Gasteiger partial charge in [0.25, 0.3) is 0 Å². The van der Waals surface area contributed by atoms with Gasteiger partial charge in [-0.1, -0.05) is 18.2 Å². The molecule has 0 bridgehead atoms. The van der Waals surface area contributed by atoms with Crippen molar-refractivity contribution in [2.75, 3.05) is 7.11 Å². The summed E-state index contributed by atoms with van der Waals surface area (Å²) < 4.78 is 17.9. The lowest BCUT2D eigenvalue weighted by Crippen LogP contribution is -2.00. The van der Waals surface area contributed by atoms with E-state index in [1.54, 1.807) is 19.2 Å². The van der Waals surface area contributed by atoms with Gasteiger partial charge in [0, 0.05) is 18.5 Å². The molecule has 0 saturated carbocycles. The second-order valence-electron chi connectivity index (χ2n) is 4.07. The van der Waals surface area contributed by atoms with Gasteiger partial charge in [0.05, 0.1) is 7.11 Å². The fraction of sp³-hybridized carbons (Fsp3) is 0.286. The summed E-state index contributed by atoms with van der Waals surface area (Å²) in [5.74, 6) is 1.11. The molecular formula is C14H15FN2O. The summed E-state index contributed by atoms with van der Waals surface area (Å²) in [7, 11) is 1.60. The van der Waals surface area contributed by atoms with E-state index in [1.165, 1.54) is 12.1 Å². The quantitative estimate of drug-likeness (QED) is 0.789. The molecule has 0 atom stereocenters. The van der Waals surface area contributed by atoms with Crippen LogP contribution in [0, 0.1) is 5.82 Å². The van der Waals surface area contributed by atoms with Crippen molar-refractivity contribution in [3.05, 3.63) is 47.4 Å². The number of amidine groups is 1. The van der Waals surface area contributed by atoms with Gasteiger partial charge in [-0.25, -0.2) is 14.4 Å². The Hall–Kier alpha value is -1.97. The van der Waals surface area contributed by atoms with Crippen LogP contribution in [0.5, 0.6) is 0 Å². The van der Waals surface area contributed by atoms with Crippen LogP contribution in [-0.4, -0.2) is 18.8 Å². The molecule has 0 fully saturated rings. The highest BCUT2D eigenvalue weighted by Crippen LogP contribution is 2.14. The first-order valence-corrected chi connectivity index (χ1v) is 5.77. The number of rotatable bonds is 2. The number of hydrogen-bond donors (Lipinski definition) is 0. The maximum Gasteiger partial charge on any atom is 0.193 e. The maximum absolute atomic E-state index is 12.8. The fourth-order valence-corrected chi connectivity index (χ4v) is 1.76. The molecule has 0 N–H and O–H groups in total. The van der Waals surface area contributed by atoms with E-state index in [-0.39, 0.29) is 5.82 Å². The van der Waals surface area contributed by atoms with Crippen LogP contribution in [0.4, 0.5) is 4.39 Å². The molecule has 2 rings (SSSR count). The van der Waals surface area contributed by atoms with Crippen LogP contribution in [0.25, 0.3) is 0 Å². The van der Waals surface area contributed by atoms with Crippen molar-refractivity contribution in [1.82, 2.24) is 0 Å². The van der Waals surface area contributed by atoms with Gasteiger partial charge in [0.1, 0.15) is 11.7 Å². The number of methoxy groups -OCH3 is 1. The van der Waals surface area contributed by atoms with Crippen LogP contribution in [0.15, 0.2) is 46.0 Å². The second-order valence-corrected chi connectivity index (χ2v) is 4.07. The van der Waals surface area contributed by atoms with E-state index >= 15 is 0 Å². The number of nitrogens with zero attached hydrogens (tertiary/aromatic N) is 2. The first-order chi connectivity index (χ1) is 8.67. The zero-order valence-corrected chi connectivity index (χ0v) is 10.5. The first kappa shape index (κ1) is 12.5. The molecule has 1 aromatic carbocycles. The Balaban J connectivity index is 2.13. The van der Waals surface area contributed by atoms with E-state index in [0.29, 0.717) is 24.6 Å². The highest BCUT2D eigenvalue weighted by Gasteiger charge is 2.06. The Labute approximate surface area is 106 Å². The number of halogens is 1. The number of ether oxygens (including phenoxy) is 1. The van der Waals surface area contributed by atoms with Gasteiger partial charge in [0.15, 0.2) is 5.90 Å². The summed E-state index contributed by atoms with van der Waals surface area (Å²) in [6.07, 6.45) is 3.29. The molecule has 94 valence electrons. The smallest absolute Gasteiger partial charge is 0.193 e. The summed E-state index contributed by atoms with van der Waals surface area (Å²) in [5, 5.41) is 0. The molecule has 18 heavy (non-hydrogen) atoms. The van der Waals surface area contributed by atoms with E-state index < -0.39 is 0 Å². The van der Waals surface area contributed by atoms with E-state index in [0.717, 1.165) is 11.3 Å². The van der Waals surface area contributed by atoms with Crippen LogP contribution < -0.4 is 0 Å². The van der Waals surface area contributed by atoms with Crippen molar-refractivity contribution in [2.24, 2.45) is 9.98 Å². The van der Waals surface area contributed by atoms with E-state index in [1.807, 2.05) is 13.0 Å². The highest BCUT2D eigenvalue weighted by atomic mass is 19.1. The Morgan fingerprint density at radius 2 is 1.94 bits per heavy atom. The monoisotopic (exact) mass is 246 g/mol. The zero-order chi connectivity index (χ0) is 13.0. The largest absolute Gasteiger partial charge is 0.484 e. The number of hydrogen-bond acceptors (Lipinski definition) is 3. The molecule has 3 nitrogen and oxygen atoms in total. The Bertz CT molecular complexity index is 515. The standard InChI is InChI=1S/C14H15FN2O/c1-10-16-13(7-8-14(17-10)18-2)9-11-3-5-12(15)6-4-11/h3-7H,8-9H2,1-2H3. The molecule has 1 aliphatic rings. The third-order valence-corrected chi connectivity index (χ3v) is 2.64. The van der Waals surface area contributed by atoms with Gasteiger partial charge in [-0.2, -0.15) is 0 Å². The average Bonchev–Trinajstić information content (AvgIpc) is 2.53. The maximum atomic E-state index is 12.8. The van der Waals surface area contributed by atoms with Crippen LogP contribution in [0.3, 0.4) is 0 Å². The summed E-state index contributed by atoms with van der Waals surface area (Å²) in [4.78, 5) is 8.64. The Morgan fingerprint density at radius 1 is 1.22 bits per heavy atom. The van der Waals surface area contributed by atoms with Crippen molar-refractivity contribution >= 4 is 11.7 Å². The molecule has 0 radical (unpaired) electrons. The Kier molecular flexibility index (Phi) is 3.87. The SMILES string of the molecule is COC1=NC(C)=NC(Cc2ccc(F)cc2)=CC1. The van der Waals surface area contributed by atoms with Crippen molar-refractivity contribution in [1.29, 1.82) is 0 Å². The first-order valence-electron chi connectivity index (χ1n) is 5.77. The minimum Gasteiger partial charge on any atom is -0.484 e. The molecule has 0 saturated heterocycles. The molecule has 0 unspecified atom stereocenters. The van der Waals surface area contributed by atoms with Gasteiger partial charge >= 0.3 is 0 Å². The van der Waals surface area contributed by atoms with Gasteiger partial charge < -0.3 is 4.74 Å². The van der Waals surface area contributed by atoms with Crippen LogP contribution >= 0.6 is 0 Å². The highest BCUT2D eigenvalue weighted by molar-refractivity contribution is 5.95. The molecule has 1 heterocycles. The topological polar surface area (TPSA) is 34.0 Å². The molecule has 4 heteroatoms. The lowest BCUT2D eigenvalue weighted by Gasteiger charge is -2.02.